The van der Waals surface area contributed by atoms with Gasteiger partial charge in [-0.2, -0.15) is 0 Å². The van der Waals surface area contributed by atoms with Crippen molar-refractivity contribution >= 4 is 40.5 Å². The zero-order valence-corrected chi connectivity index (χ0v) is 14.5. The van der Waals surface area contributed by atoms with Crippen molar-refractivity contribution in [3.05, 3.63) is 45.1 Å². The lowest BCUT2D eigenvalue weighted by Crippen LogP contribution is -2.15. The van der Waals surface area contributed by atoms with E-state index >= 15 is 0 Å². The summed E-state index contributed by atoms with van der Waals surface area (Å²) < 4.78 is 15.8. The van der Waals surface area contributed by atoms with E-state index in [-0.39, 0.29) is 31.2 Å². The summed E-state index contributed by atoms with van der Waals surface area (Å²) in [4.78, 5) is 36.1. The third-order valence-electron chi connectivity index (χ3n) is 3.46. The van der Waals surface area contributed by atoms with Crippen LogP contribution in [0.3, 0.4) is 0 Å². The van der Waals surface area contributed by atoms with Crippen LogP contribution in [0, 0.1) is 0 Å². The van der Waals surface area contributed by atoms with Crippen molar-refractivity contribution in [1.82, 2.24) is 0 Å². The molecule has 0 bridgehead atoms. The number of halogens is 1. The first kappa shape index (κ1) is 17.4. The number of Topliss-reactive ketones (excluding diaryl/α,β-unsaturated/α-hetero) is 2. The van der Waals surface area contributed by atoms with Crippen LogP contribution >= 0.6 is 22.9 Å². The molecule has 0 saturated heterocycles. The van der Waals surface area contributed by atoms with Crippen molar-refractivity contribution in [1.29, 1.82) is 0 Å². The van der Waals surface area contributed by atoms with Crippen molar-refractivity contribution in [2.45, 2.75) is 12.8 Å². The van der Waals surface area contributed by atoms with Gasteiger partial charge in [0.15, 0.2) is 29.7 Å². The summed E-state index contributed by atoms with van der Waals surface area (Å²) in [5, 5.41) is 0. The third kappa shape index (κ3) is 4.37. The largest absolute Gasteiger partial charge is 0.457 e. The van der Waals surface area contributed by atoms with Gasteiger partial charge in [-0.3, -0.25) is 14.4 Å². The molecule has 0 spiro atoms. The summed E-state index contributed by atoms with van der Waals surface area (Å²) in [5.74, 6) is -0.0952. The van der Waals surface area contributed by atoms with Crippen LogP contribution in [0.25, 0.3) is 0 Å². The molecule has 0 unspecified atom stereocenters. The molecular formula is C17H13ClO6S. The van der Waals surface area contributed by atoms with Gasteiger partial charge < -0.3 is 14.2 Å². The molecule has 1 aromatic carbocycles. The zero-order chi connectivity index (χ0) is 17.8. The highest BCUT2D eigenvalue weighted by molar-refractivity contribution is 7.18. The molecule has 0 amide bonds. The molecule has 1 aliphatic heterocycles. The number of rotatable bonds is 7. The van der Waals surface area contributed by atoms with E-state index in [2.05, 4.69) is 0 Å². The molecule has 0 radical (unpaired) electrons. The van der Waals surface area contributed by atoms with Crippen LogP contribution in [0.15, 0.2) is 30.3 Å². The standard InChI is InChI=1S/C17H13ClO6S/c18-16-5-4-15(25-16)11(19)2-6-17(21)22-8-12(20)10-1-3-13-14(7-10)24-9-23-13/h1,3-5,7H,2,6,8-9H2. The lowest BCUT2D eigenvalue weighted by Gasteiger charge is -2.05. The first-order chi connectivity index (χ1) is 12.0. The molecule has 25 heavy (non-hydrogen) atoms. The highest BCUT2D eigenvalue weighted by atomic mass is 35.5. The minimum Gasteiger partial charge on any atom is -0.457 e. The fourth-order valence-electron chi connectivity index (χ4n) is 2.17. The van der Waals surface area contributed by atoms with Gasteiger partial charge in [0.2, 0.25) is 6.79 Å². The smallest absolute Gasteiger partial charge is 0.306 e. The van der Waals surface area contributed by atoms with E-state index in [1.54, 1.807) is 30.3 Å². The van der Waals surface area contributed by atoms with Gasteiger partial charge in [-0.1, -0.05) is 11.6 Å². The van der Waals surface area contributed by atoms with Crippen LogP contribution in [-0.4, -0.2) is 30.9 Å². The van der Waals surface area contributed by atoms with Crippen molar-refractivity contribution < 1.29 is 28.6 Å². The Kier molecular flexibility index (Phi) is 5.35. The average molecular weight is 381 g/mol. The van der Waals surface area contributed by atoms with Crippen molar-refractivity contribution in [2.24, 2.45) is 0 Å². The minimum atomic E-state index is -0.606. The normalized spacial score (nSPS) is 12.0. The number of esters is 1. The van der Waals surface area contributed by atoms with Gasteiger partial charge in [-0.25, -0.2) is 0 Å². The number of ether oxygens (including phenoxy) is 3. The fraction of sp³-hybridized carbons (Fsp3) is 0.235. The van der Waals surface area contributed by atoms with E-state index in [9.17, 15) is 14.4 Å². The Balaban J connectivity index is 1.45. The maximum absolute atomic E-state index is 12.1. The predicted molar refractivity (Wildman–Crippen MR) is 90.7 cm³/mol. The van der Waals surface area contributed by atoms with Gasteiger partial charge in [0.1, 0.15) is 0 Å². The number of fused-ring (bicyclic) bond motifs is 1. The maximum Gasteiger partial charge on any atom is 0.306 e. The van der Waals surface area contributed by atoms with Crippen molar-refractivity contribution in [3.63, 3.8) is 0 Å². The van der Waals surface area contributed by atoms with Crippen molar-refractivity contribution in [3.8, 4) is 11.5 Å². The number of thiophene rings is 1. The van der Waals surface area contributed by atoms with E-state index < -0.39 is 12.6 Å². The topological polar surface area (TPSA) is 78.9 Å². The number of ketones is 2. The van der Waals surface area contributed by atoms with Gasteiger partial charge in [0, 0.05) is 12.0 Å². The Bertz CT molecular complexity index is 828. The molecule has 8 heteroatoms. The fourth-order valence-corrected chi connectivity index (χ4v) is 3.18. The number of hydrogen-bond donors (Lipinski definition) is 0. The van der Waals surface area contributed by atoms with E-state index in [4.69, 9.17) is 25.8 Å². The van der Waals surface area contributed by atoms with Crippen LogP contribution in [0.1, 0.15) is 32.9 Å². The molecule has 6 nitrogen and oxygen atoms in total. The molecule has 2 aromatic rings. The summed E-state index contributed by atoms with van der Waals surface area (Å²) >= 11 is 6.93. The second-order valence-electron chi connectivity index (χ2n) is 5.18. The first-order valence-electron chi connectivity index (χ1n) is 7.40. The van der Waals surface area contributed by atoms with Gasteiger partial charge in [0.05, 0.1) is 15.6 Å². The lowest BCUT2D eigenvalue weighted by molar-refractivity contribution is -0.142. The Morgan fingerprint density at radius 3 is 2.60 bits per heavy atom. The molecule has 0 fully saturated rings. The van der Waals surface area contributed by atoms with E-state index in [0.717, 1.165) is 11.3 Å². The highest BCUT2D eigenvalue weighted by Crippen LogP contribution is 2.32. The summed E-state index contributed by atoms with van der Waals surface area (Å²) in [5.41, 5.74) is 0.362. The average Bonchev–Trinajstić information content (AvgIpc) is 3.25. The van der Waals surface area contributed by atoms with Gasteiger partial charge in [-0.15, -0.1) is 11.3 Å². The van der Waals surface area contributed by atoms with Crippen LogP contribution in [-0.2, 0) is 9.53 Å². The van der Waals surface area contributed by atoms with Gasteiger partial charge >= 0.3 is 5.97 Å². The molecular weight excluding hydrogens is 368 g/mol. The molecule has 3 rings (SSSR count). The van der Waals surface area contributed by atoms with Crippen LogP contribution < -0.4 is 9.47 Å². The monoisotopic (exact) mass is 380 g/mol. The van der Waals surface area contributed by atoms with Gasteiger partial charge in [-0.05, 0) is 30.3 Å². The zero-order valence-electron chi connectivity index (χ0n) is 13.0. The summed E-state index contributed by atoms with van der Waals surface area (Å²) in [6, 6.07) is 7.99. The molecule has 130 valence electrons. The number of carbonyl (C=O) groups excluding carboxylic acids is 3. The van der Waals surface area contributed by atoms with E-state index in [1.807, 2.05) is 0 Å². The molecule has 0 atom stereocenters. The molecule has 0 N–H and O–H groups in total. The van der Waals surface area contributed by atoms with E-state index in [0.29, 0.717) is 26.3 Å². The van der Waals surface area contributed by atoms with Crippen LogP contribution in [0.5, 0.6) is 11.5 Å². The first-order valence-corrected chi connectivity index (χ1v) is 8.59. The molecule has 2 heterocycles. The second-order valence-corrected chi connectivity index (χ2v) is 6.89. The predicted octanol–water partition coefficient (Wildman–Crippen LogP) is 3.52. The Labute approximate surface area is 152 Å². The number of hydrogen-bond acceptors (Lipinski definition) is 7. The number of carbonyl (C=O) groups is 3. The third-order valence-corrected chi connectivity index (χ3v) is 4.74. The lowest BCUT2D eigenvalue weighted by atomic mass is 10.1. The summed E-state index contributed by atoms with van der Waals surface area (Å²) in [6.45, 7) is -0.275. The summed E-state index contributed by atoms with van der Waals surface area (Å²) in [6.07, 6.45) is -0.0866. The SMILES string of the molecule is O=C(CCC(=O)c1ccc(Cl)s1)OCC(=O)c1ccc2c(c1)OCO2. The van der Waals surface area contributed by atoms with Crippen LogP contribution in [0.4, 0.5) is 0 Å². The summed E-state index contributed by atoms with van der Waals surface area (Å²) in [7, 11) is 0. The minimum absolute atomic E-state index is 0.00783. The maximum atomic E-state index is 12.1. The Morgan fingerprint density at radius 1 is 1.04 bits per heavy atom. The quantitative estimate of drug-likeness (QED) is 0.540. The second kappa shape index (κ2) is 7.67. The van der Waals surface area contributed by atoms with Crippen LogP contribution in [0.2, 0.25) is 4.34 Å². The Hall–Kier alpha value is -2.38. The molecule has 0 aliphatic carbocycles. The number of benzene rings is 1. The molecule has 0 saturated carbocycles. The molecule has 1 aliphatic rings. The van der Waals surface area contributed by atoms with E-state index in [1.165, 1.54) is 0 Å². The van der Waals surface area contributed by atoms with Crippen molar-refractivity contribution in [2.75, 3.05) is 13.4 Å². The highest BCUT2D eigenvalue weighted by Gasteiger charge is 2.18. The van der Waals surface area contributed by atoms with Gasteiger partial charge in [0.25, 0.3) is 0 Å². The Morgan fingerprint density at radius 2 is 1.84 bits per heavy atom. The molecule has 1 aromatic heterocycles.